The summed E-state index contributed by atoms with van der Waals surface area (Å²) in [5.41, 5.74) is 2.13. The van der Waals surface area contributed by atoms with Gasteiger partial charge in [-0.1, -0.05) is 12.0 Å². The number of benzene rings is 1. The van der Waals surface area contributed by atoms with Crippen molar-refractivity contribution in [3.05, 3.63) is 30.1 Å². The summed E-state index contributed by atoms with van der Waals surface area (Å²) in [5.74, 6) is 0.933. The Hall–Kier alpha value is -1.95. The average molecular weight is 326 g/mol. The summed E-state index contributed by atoms with van der Waals surface area (Å²) < 4.78 is 39.4. The number of hydrogen-bond acceptors (Lipinski definition) is 4. The molecule has 1 amide bonds. The van der Waals surface area contributed by atoms with Gasteiger partial charge in [-0.3, -0.25) is 9.63 Å². The van der Waals surface area contributed by atoms with Crippen LogP contribution in [0.4, 0.5) is 4.39 Å². The lowest BCUT2D eigenvalue weighted by molar-refractivity contribution is -0.135. The molecule has 22 heavy (non-hydrogen) atoms. The molecule has 6 nitrogen and oxygen atoms in total. The lowest BCUT2D eigenvalue weighted by atomic mass is 10.2. The summed E-state index contributed by atoms with van der Waals surface area (Å²) in [6.45, 7) is 0.0706. The van der Waals surface area contributed by atoms with Gasteiger partial charge in [-0.25, -0.2) is 18.3 Å². The Bertz CT molecular complexity index is 699. The van der Waals surface area contributed by atoms with Crippen LogP contribution in [0.15, 0.2) is 29.2 Å². The van der Waals surface area contributed by atoms with Crippen molar-refractivity contribution in [2.24, 2.45) is 0 Å². The van der Waals surface area contributed by atoms with Crippen LogP contribution in [0.2, 0.25) is 0 Å². The number of hydrogen-bond donors (Lipinski definition) is 1. The van der Waals surface area contributed by atoms with E-state index in [2.05, 4.69) is 11.4 Å². The summed E-state index contributed by atoms with van der Waals surface area (Å²) in [7, 11) is -3.95. The Kier molecular flexibility index (Phi) is 5.13. The highest BCUT2D eigenvalue weighted by molar-refractivity contribution is 7.89. The Balaban J connectivity index is 2.19. The van der Waals surface area contributed by atoms with Crippen molar-refractivity contribution in [1.29, 1.82) is 0 Å². The number of nitrogens with one attached hydrogen (secondary N) is 1. The van der Waals surface area contributed by atoms with Gasteiger partial charge in [0.15, 0.2) is 0 Å². The summed E-state index contributed by atoms with van der Waals surface area (Å²) in [4.78, 5) is 16.5. The van der Waals surface area contributed by atoms with Crippen LogP contribution in [0.25, 0.3) is 0 Å². The van der Waals surface area contributed by atoms with E-state index in [4.69, 9.17) is 11.3 Å². The first-order chi connectivity index (χ1) is 10.5. The second-order valence-electron chi connectivity index (χ2n) is 4.69. The van der Waals surface area contributed by atoms with Gasteiger partial charge in [0.1, 0.15) is 18.5 Å². The van der Waals surface area contributed by atoms with E-state index in [0.29, 0.717) is 12.8 Å². The highest BCUT2D eigenvalue weighted by Gasteiger charge is 2.39. The van der Waals surface area contributed by atoms with Crippen molar-refractivity contribution in [1.82, 2.24) is 9.79 Å². The maximum Gasteiger partial charge on any atom is 0.262 e. The van der Waals surface area contributed by atoms with Gasteiger partial charge in [0.25, 0.3) is 5.91 Å². The molecule has 1 saturated heterocycles. The van der Waals surface area contributed by atoms with Gasteiger partial charge in [-0.15, -0.1) is 6.42 Å². The largest absolute Gasteiger partial charge is 0.271 e. The van der Waals surface area contributed by atoms with Gasteiger partial charge in [-0.05, 0) is 31.0 Å². The normalized spacial score (nSPS) is 18.8. The van der Waals surface area contributed by atoms with Crippen LogP contribution in [0.1, 0.15) is 12.8 Å². The van der Waals surface area contributed by atoms with Crippen molar-refractivity contribution in [3.8, 4) is 12.3 Å². The number of amides is 1. The van der Waals surface area contributed by atoms with Gasteiger partial charge in [-0.2, -0.15) is 4.31 Å². The molecule has 1 aliphatic rings. The predicted octanol–water partition coefficient (Wildman–Crippen LogP) is 0.660. The Labute approximate surface area is 128 Å². The monoisotopic (exact) mass is 326 g/mol. The zero-order chi connectivity index (χ0) is 16.2. The molecule has 1 unspecified atom stereocenters. The molecule has 0 aliphatic carbocycles. The van der Waals surface area contributed by atoms with E-state index >= 15 is 0 Å². The fourth-order valence-corrected chi connectivity index (χ4v) is 3.96. The van der Waals surface area contributed by atoms with Crippen molar-refractivity contribution in [2.75, 3.05) is 13.2 Å². The molecule has 1 aromatic rings. The van der Waals surface area contributed by atoms with Gasteiger partial charge in [0.2, 0.25) is 10.0 Å². The lowest BCUT2D eigenvalue weighted by Gasteiger charge is -2.23. The Morgan fingerprint density at radius 2 is 2.32 bits per heavy atom. The third kappa shape index (κ3) is 3.44. The standard InChI is InChI=1S/C14H15FN2O4S/c1-2-9-21-16-14(18)13-7-4-8-17(13)22(19,20)12-6-3-5-11(15)10-12/h1,3,5-6,10,13H,4,7-9H2,(H,16,18). The molecule has 118 valence electrons. The molecule has 0 radical (unpaired) electrons. The van der Waals surface area contributed by atoms with Crippen LogP contribution in [-0.4, -0.2) is 37.8 Å². The number of halogens is 1. The van der Waals surface area contributed by atoms with Crippen LogP contribution in [-0.2, 0) is 19.7 Å². The molecule has 1 atom stereocenters. The molecule has 0 saturated carbocycles. The van der Waals surface area contributed by atoms with E-state index in [1.54, 1.807) is 0 Å². The van der Waals surface area contributed by atoms with Crippen LogP contribution in [0.3, 0.4) is 0 Å². The van der Waals surface area contributed by atoms with Crippen molar-refractivity contribution >= 4 is 15.9 Å². The fourth-order valence-electron chi connectivity index (χ4n) is 2.27. The van der Waals surface area contributed by atoms with Crippen molar-refractivity contribution < 1.29 is 22.4 Å². The topological polar surface area (TPSA) is 75.7 Å². The van der Waals surface area contributed by atoms with Crippen LogP contribution in [0.5, 0.6) is 0 Å². The smallest absolute Gasteiger partial charge is 0.262 e. The minimum absolute atomic E-state index is 0.116. The molecule has 0 spiro atoms. The molecule has 1 N–H and O–H groups in total. The zero-order valence-electron chi connectivity index (χ0n) is 11.7. The minimum atomic E-state index is -3.95. The highest BCUT2D eigenvalue weighted by Crippen LogP contribution is 2.26. The maximum absolute atomic E-state index is 13.2. The molecule has 1 heterocycles. The molecular weight excluding hydrogens is 311 g/mol. The third-order valence-electron chi connectivity index (χ3n) is 3.24. The van der Waals surface area contributed by atoms with Crippen LogP contribution in [0, 0.1) is 18.2 Å². The zero-order valence-corrected chi connectivity index (χ0v) is 12.5. The molecule has 1 aliphatic heterocycles. The van der Waals surface area contributed by atoms with Gasteiger partial charge in [0.05, 0.1) is 4.90 Å². The first kappa shape index (κ1) is 16.4. The SMILES string of the molecule is C#CCONC(=O)C1CCCN1S(=O)(=O)c1cccc(F)c1. The fraction of sp³-hybridized carbons (Fsp3) is 0.357. The molecular formula is C14H15FN2O4S. The summed E-state index contributed by atoms with van der Waals surface area (Å²) in [6.07, 6.45) is 5.88. The van der Waals surface area contributed by atoms with E-state index in [-0.39, 0.29) is 18.0 Å². The first-order valence-corrected chi connectivity index (χ1v) is 8.03. The average Bonchev–Trinajstić information content (AvgIpc) is 2.97. The Morgan fingerprint density at radius 3 is 3.00 bits per heavy atom. The van der Waals surface area contributed by atoms with E-state index in [1.807, 2.05) is 0 Å². The van der Waals surface area contributed by atoms with Gasteiger partial charge in [0, 0.05) is 6.54 Å². The highest BCUT2D eigenvalue weighted by atomic mass is 32.2. The predicted molar refractivity (Wildman–Crippen MR) is 76.2 cm³/mol. The van der Waals surface area contributed by atoms with E-state index in [9.17, 15) is 17.6 Å². The molecule has 0 aromatic heterocycles. The summed E-state index contributed by atoms with van der Waals surface area (Å²) in [6, 6.07) is 3.79. The van der Waals surface area contributed by atoms with Gasteiger partial charge >= 0.3 is 0 Å². The number of hydroxylamine groups is 1. The molecule has 1 aromatic carbocycles. The number of carbonyl (C=O) groups excluding carboxylic acids is 1. The molecule has 1 fully saturated rings. The van der Waals surface area contributed by atoms with E-state index in [0.717, 1.165) is 16.4 Å². The van der Waals surface area contributed by atoms with Crippen LogP contribution < -0.4 is 5.48 Å². The molecule has 2 rings (SSSR count). The number of rotatable bonds is 5. The number of sulfonamides is 1. The number of terminal acetylenes is 1. The number of nitrogens with zero attached hydrogens (tertiary/aromatic N) is 1. The van der Waals surface area contributed by atoms with Crippen LogP contribution >= 0.6 is 0 Å². The maximum atomic E-state index is 13.2. The lowest BCUT2D eigenvalue weighted by Crippen LogP contribution is -2.45. The molecule has 0 bridgehead atoms. The third-order valence-corrected chi connectivity index (χ3v) is 5.14. The van der Waals surface area contributed by atoms with E-state index < -0.39 is 27.8 Å². The summed E-state index contributed by atoms with van der Waals surface area (Å²) >= 11 is 0. The van der Waals surface area contributed by atoms with E-state index in [1.165, 1.54) is 12.1 Å². The van der Waals surface area contributed by atoms with Crippen molar-refractivity contribution in [3.63, 3.8) is 0 Å². The summed E-state index contributed by atoms with van der Waals surface area (Å²) in [5, 5.41) is 0. The van der Waals surface area contributed by atoms with Gasteiger partial charge < -0.3 is 0 Å². The second-order valence-corrected chi connectivity index (χ2v) is 6.58. The first-order valence-electron chi connectivity index (χ1n) is 6.59. The molecule has 8 heteroatoms. The number of carbonyl (C=O) groups is 1. The minimum Gasteiger partial charge on any atom is -0.271 e. The van der Waals surface area contributed by atoms with Crippen molar-refractivity contribution in [2.45, 2.75) is 23.8 Å². The quantitative estimate of drug-likeness (QED) is 0.490. The Morgan fingerprint density at radius 1 is 1.55 bits per heavy atom. The second kappa shape index (κ2) is 6.87.